The number of rotatable bonds is 9. The highest BCUT2D eigenvalue weighted by Crippen LogP contribution is 2.26. The van der Waals surface area contributed by atoms with Gasteiger partial charge >= 0.3 is 0 Å². The zero-order chi connectivity index (χ0) is 23.3. The predicted octanol–water partition coefficient (Wildman–Crippen LogP) is 2.83. The Bertz CT molecular complexity index is 1210. The van der Waals surface area contributed by atoms with Crippen molar-refractivity contribution in [2.45, 2.75) is 30.7 Å². The number of amides is 1. The lowest BCUT2D eigenvalue weighted by Gasteiger charge is -2.28. The van der Waals surface area contributed by atoms with Crippen LogP contribution in [0.25, 0.3) is 11.4 Å². The van der Waals surface area contributed by atoms with Crippen LogP contribution in [0, 0.1) is 0 Å². The van der Waals surface area contributed by atoms with Crippen LogP contribution in [0.4, 0.5) is 0 Å². The summed E-state index contributed by atoms with van der Waals surface area (Å²) in [4.78, 5) is 19.0. The molecule has 0 N–H and O–H groups in total. The number of carbonyl (C=O) groups excluding carboxylic acids is 1. The van der Waals surface area contributed by atoms with Gasteiger partial charge in [0.1, 0.15) is 0 Å². The summed E-state index contributed by atoms with van der Waals surface area (Å²) in [5.41, 5.74) is 1.84. The summed E-state index contributed by atoms with van der Waals surface area (Å²) in [7, 11) is -3.12. The third-order valence-electron chi connectivity index (χ3n) is 5.46. The molecule has 1 amide bonds. The highest BCUT2D eigenvalue weighted by molar-refractivity contribution is 7.99. The molecule has 0 bridgehead atoms. The summed E-state index contributed by atoms with van der Waals surface area (Å²) in [5.74, 6) is 0.816. The molecule has 0 aliphatic carbocycles. The van der Waals surface area contributed by atoms with Crippen LogP contribution in [-0.2, 0) is 27.7 Å². The van der Waals surface area contributed by atoms with Crippen molar-refractivity contribution < 1.29 is 13.2 Å². The number of carbonyl (C=O) groups is 1. The van der Waals surface area contributed by atoms with Gasteiger partial charge in [-0.1, -0.05) is 48.2 Å². The molecule has 33 heavy (non-hydrogen) atoms. The van der Waals surface area contributed by atoms with Gasteiger partial charge in [-0.2, -0.15) is 0 Å². The molecule has 1 unspecified atom stereocenters. The quantitative estimate of drug-likeness (QED) is 0.341. The van der Waals surface area contributed by atoms with Crippen molar-refractivity contribution in [2.24, 2.45) is 0 Å². The van der Waals surface area contributed by atoms with Crippen LogP contribution in [0.1, 0.15) is 12.0 Å². The molecule has 1 aliphatic heterocycles. The highest BCUT2D eigenvalue weighted by Gasteiger charge is 2.34. The van der Waals surface area contributed by atoms with E-state index < -0.39 is 9.84 Å². The standard InChI is InChI=1S/C23H25N5O3S2/c1-2-13-27-22(19-8-11-24-12-9-19)25-26-23(27)32-16-21(29)28(15-18-6-4-3-5-7-18)20-10-14-33(30,31)17-20/h2-9,11-12,20H,1,10,13-17H2. The average Bonchev–Trinajstić information content (AvgIpc) is 3.40. The summed E-state index contributed by atoms with van der Waals surface area (Å²) in [5, 5.41) is 9.20. The number of nitrogens with zero attached hydrogens (tertiary/aromatic N) is 5. The molecule has 10 heteroatoms. The van der Waals surface area contributed by atoms with Crippen LogP contribution in [-0.4, -0.2) is 62.3 Å². The lowest BCUT2D eigenvalue weighted by molar-refractivity contribution is -0.130. The van der Waals surface area contributed by atoms with Crippen LogP contribution in [0.15, 0.2) is 72.7 Å². The number of sulfone groups is 1. The molecule has 0 saturated carbocycles. The van der Waals surface area contributed by atoms with Gasteiger partial charge in [0, 0.05) is 37.1 Å². The second kappa shape index (κ2) is 10.3. The van der Waals surface area contributed by atoms with E-state index in [9.17, 15) is 13.2 Å². The third-order valence-corrected chi connectivity index (χ3v) is 8.16. The zero-order valence-electron chi connectivity index (χ0n) is 18.1. The van der Waals surface area contributed by atoms with Gasteiger partial charge in [0.2, 0.25) is 5.91 Å². The first-order valence-corrected chi connectivity index (χ1v) is 13.4. The van der Waals surface area contributed by atoms with Gasteiger partial charge in [0.25, 0.3) is 0 Å². The molecule has 8 nitrogen and oxygen atoms in total. The van der Waals surface area contributed by atoms with E-state index >= 15 is 0 Å². The largest absolute Gasteiger partial charge is 0.334 e. The molecule has 0 spiro atoms. The van der Waals surface area contributed by atoms with Crippen molar-refractivity contribution in [2.75, 3.05) is 17.3 Å². The fourth-order valence-electron chi connectivity index (χ4n) is 3.84. The van der Waals surface area contributed by atoms with Crippen LogP contribution in [0.2, 0.25) is 0 Å². The van der Waals surface area contributed by atoms with E-state index in [1.807, 2.05) is 47.0 Å². The van der Waals surface area contributed by atoms with Crippen molar-refractivity contribution in [3.8, 4) is 11.4 Å². The van der Waals surface area contributed by atoms with Crippen molar-refractivity contribution >= 4 is 27.5 Å². The molecule has 1 aromatic carbocycles. The molecule has 1 saturated heterocycles. The fraction of sp³-hybridized carbons (Fsp3) is 0.304. The number of aromatic nitrogens is 4. The van der Waals surface area contributed by atoms with Crippen LogP contribution < -0.4 is 0 Å². The lowest BCUT2D eigenvalue weighted by atomic mass is 10.1. The summed E-state index contributed by atoms with van der Waals surface area (Å²) >= 11 is 1.29. The van der Waals surface area contributed by atoms with E-state index in [4.69, 9.17) is 0 Å². The number of hydrogen-bond acceptors (Lipinski definition) is 7. The Morgan fingerprint density at radius 3 is 2.61 bits per heavy atom. The van der Waals surface area contributed by atoms with Crippen molar-refractivity contribution in [3.63, 3.8) is 0 Å². The minimum atomic E-state index is -3.12. The smallest absolute Gasteiger partial charge is 0.233 e. The molecule has 3 heterocycles. The fourth-order valence-corrected chi connectivity index (χ4v) is 6.40. The number of benzene rings is 1. The molecule has 4 rings (SSSR count). The molecular formula is C23H25N5O3S2. The minimum Gasteiger partial charge on any atom is -0.334 e. The first-order chi connectivity index (χ1) is 16.0. The van der Waals surface area contributed by atoms with Crippen LogP contribution in [0.3, 0.4) is 0 Å². The first kappa shape index (κ1) is 23.2. The maximum Gasteiger partial charge on any atom is 0.233 e. The van der Waals surface area contributed by atoms with Gasteiger partial charge in [-0.15, -0.1) is 16.8 Å². The number of hydrogen-bond donors (Lipinski definition) is 0. The Hall–Kier alpha value is -2.98. The molecular weight excluding hydrogens is 458 g/mol. The Morgan fingerprint density at radius 1 is 1.18 bits per heavy atom. The van der Waals surface area contributed by atoms with Crippen molar-refractivity contribution in [3.05, 3.63) is 73.1 Å². The Labute approximate surface area is 197 Å². The second-order valence-corrected chi connectivity index (χ2v) is 11.0. The van der Waals surface area contributed by atoms with Gasteiger partial charge in [-0.25, -0.2) is 8.42 Å². The molecule has 172 valence electrons. The van der Waals surface area contributed by atoms with Crippen molar-refractivity contribution in [1.29, 1.82) is 0 Å². The SMILES string of the molecule is C=CCn1c(SCC(=O)N(Cc2ccccc2)C2CCS(=O)(=O)C2)nnc1-c1ccncc1. The van der Waals surface area contributed by atoms with Gasteiger partial charge in [0.05, 0.1) is 17.3 Å². The van der Waals surface area contributed by atoms with Crippen LogP contribution in [0.5, 0.6) is 0 Å². The maximum atomic E-state index is 13.3. The number of pyridine rings is 1. The Morgan fingerprint density at radius 2 is 1.94 bits per heavy atom. The third kappa shape index (κ3) is 5.69. The summed E-state index contributed by atoms with van der Waals surface area (Å²) < 4.78 is 26.1. The second-order valence-electron chi connectivity index (χ2n) is 7.79. The monoisotopic (exact) mass is 483 g/mol. The summed E-state index contributed by atoms with van der Waals surface area (Å²) in [6.45, 7) is 4.69. The first-order valence-electron chi connectivity index (χ1n) is 10.6. The van der Waals surface area contributed by atoms with Crippen LogP contribution >= 0.6 is 11.8 Å². The average molecular weight is 484 g/mol. The van der Waals surface area contributed by atoms with Crippen molar-refractivity contribution in [1.82, 2.24) is 24.6 Å². The molecule has 1 fully saturated rings. The van der Waals surface area contributed by atoms with E-state index in [-0.39, 0.29) is 29.2 Å². The number of thioether (sulfide) groups is 1. The topological polar surface area (TPSA) is 98.1 Å². The molecule has 1 atom stereocenters. The lowest BCUT2D eigenvalue weighted by Crippen LogP contribution is -2.41. The van der Waals surface area contributed by atoms with Gasteiger partial charge in [0.15, 0.2) is 20.8 Å². The normalized spacial score (nSPS) is 17.0. The molecule has 0 radical (unpaired) electrons. The predicted molar refractivity (Wildman–Crippen MR) is 128 cm³/mol. The Kier molecular flexibility index (Phi) is 7.24. The maximum absolute atomic E-state index is 13.3. The zero-order valence-corrected chi connectivity index (χ0v) is 19.7. The van der Waals surface area contributed by atoms with E-state index in [1.165, 1.54) is 11.8 Å². The molecule has 2 aromatic heterocycles. The Balaban J connectivity index is 1.52. The minimum absolute atomic E-state index is 0.00901. The van der Waals surface area contributed by atoms with E-state index in [0.29, 0.717) is 30.5 Å². The molecule has 1 aliphatic rings. The van der Waals surface area contributed by atoms with Gasteiger partial charge in [-0.05, 0) is 24.1 Å². The number of allylic oxidation sites excluding steroid dienone is 1. The van der Waals surface area contributed by atoms with Gasteiger partial charge in [-0.3, -0.25) is 14.3 Å². The summed E-state index contributed by atoms with van der Waals surface area (Å²) in [6.07, 6.45) is 5.60. The van der Waals surface area contributed by atoms with Gasteiger partial charge < -0.3 is 4.90 Å². The van der Waals surface area contributed by atoms with E-state index in [1.54, 1.807) is 23.4 Å². The van der Waals surface area contributed by atoms with E-state index in [0.717, 1.165) is 11.1 Å². The van der Waals surface area contributed by atoms with E-state index in [2.05, 4.69) is 21.8 Å². The molecule has 3 aromatic rings. The highest BCUT2D eigenvalue weighted by atomic mass is 32.2. The summed E-state index contributed by atoms with van der Waals surface area (Å²) in [6, 6.07) is 13.0.